The molecule has 3 nitrogen and oxygen atoms in total. The number of aryl methyl sites for hydroxylation is 1. The van der Waals surface area contributed by atoms with Crippen molar-refractivity contribution in [2.75, 3.05) is 0 Å². The molecule has 0 bridgehead atoms. The second-order valence-corrected chi connectivity index (χ2v) is 5.54. The molecule has 0 radical (unpaired) electrons. The fourth-order valence-electron chi connectivity index (χ4n) is 2.42. The topological polar surface area (TPSA) is 42.9 Å². The monoisotopic (exact) mass is 306 g/mol. The average Bonchev–Trinajstić information content (AvgIpc) is 2.47. The molecule has 1 aromatic carbocycles. The molecule has 5 heteroatoms. The minimum atomic E-state index is -0.286. The van der Waals surface area contributed by atoms with Gasteiger partial charge in [-0.2, -0.15) is 0 Å². The normalized spacial score (nSPS) is 13.9. The number of ketones is 1. The van der Waals surface area contributed by atoms with Crippen LogP contribution in [0.1, 0.15) is 40.3 Å². The maximum atomic E-state index is 12.4. The van der Waals surface area contributed by atoms with Crippen molar-refractivity contribution in [1.29, 1.82) is 0 Å². The molecule has 0 spiro atoms. The van der Waals surface area contributed by atoms with Crippen LogP contribution in [0, 0.1) is 0 Å². The van der Waals surface area contributed by atoms with Crippen LogP contribution in [-0.2, 0) is 12.8 Å². The zero-order valence-corrected chi connectivity index (χ0v) is 12.2. The largest absolute Gasteiger partial charge is 0.285 e. The summed E-state index contributed by atoms with van der Waals surface area (Å²) in [5.41, 5.74) is 2.28. The summed E-state index contributed by atoms with van der Waals surface area (Å²) in [6, 6.07) is 6.88. The van der Waals surface area contributed by atoms with Crippen molar-refractivity contribution >= 4 is 29.0 Å². The zero-order chi connectivity index (χ0) is 14.1. The predicted molar refractivity (Wildman–Crippen MR) is 78.6 cm³/mol. The van der Waals surface area contributed by atoms with Gasteiger partial charge in [-0.1, -0.05) is 35.3 Å². The van der Waals surface area contributed by atoms with Crippen LogP contribution >= 0.6 is 23.2 Å². The second kappa shape index (κ2) is 5.51. The molecule has 0 amide bonds. The highest BCUT2D eigenvalue weighted by molar-refractivity contribution is 6.35. The van der Waals surface area contributed by atoms with E-state index in [2.05, 4.69) is 9.97 Å². The van der Waals surface area contributed by atoms with Gasteiger partial charge in [-0.3, -0.25) is 4.79 Å². The number of hydrogen-bond acceptors (Lipinski definition) is 3. The van der Waals surface area contributed by atoms with Gasteiger partial charge in [0.05, 0.1) is 5.02 Å². The molecule has 0 saturated heterocycles. The lowest BCUT2D eigenvalue weighted by atomic mass is 9.97. The number of carbonyl (C=O) groups excluding carboxylic acids is 1. The SMILES string of the molecule is O=C(c1nc(Cl)c2c(n1)CCCC2)c1ccccc1Cl. The van der Waals surface area contributed by atoms with Crippen LogP contribution < -0.4 is 0 Å². The van der Waals surface area contributed by atoms with Gasteiger partial charge in [-0.05, 0) is 37.8 Å². The summed E-state index contributed by atoms with van der Waals surface area (Å²) < 4.78 is 0. The summed E-state index contributed by atoms with van der Waals surface area (Å²) in [5, 5.41) is 0.792. The van der Waals surface area contributed by atoms with Gasteiger partial charge in [0.2, 0.25) is 11.6 Å². The Morgan fingerprint density at radius 3 is 2.60 bits per heavy atom. The summed E-state index contributed by atoms with van der Waals surface area (Å²) in [6.45, 7) is 0. The van der Waals surface area contributed by atoms with Crippen molar-refractivity contribution in [2.45, 2.75) is 25.7 Å². The Morgan fingerprint density at radius 1 is 1.05 bits per heavy atom. The molecule has 2 aromatic rings. The Kier molecular flexibility index (Phi) is 3.72. The standard InChI is InChI=1S/C15H12Cl2N2O/c16-11-7-3-1-5-9(11)13(20)15-18-12-8-4-2-6-10(12)14(17)19-15/h1,3,5,7H,2,4,6,8H2. The maximum absolute atomic E-state index is 12.4. The van der Waals surface area contributed by atoms with Crippen LogP contribution in [0.2, 0.25) is 10.2 Å². The summed E-state index contributed by atoms with van der Waals surface area (Å²) in [5.74, 6) is -0.158. The van der Waals surface area contributed by atoms with E-state index in [9.17, 15) is 4.79 Å². The van der Waals surface area contributed by atoms with Crippen LogP contribution in [0.25, 0.3) is 0 Å². The van der Waals surface area contributed by atoms with E-state index in [0.717, 1.165) is 36.9 Å². The van der Waals surface area contributed by atoms with Crippen LogP contribution in [0.15, 0.2) is 24.3 Å². The molecule has 1 aromatic heterocycles. The molecule has 0 fully saturated rings. The number of rotatable bonds is 2. The molecule has 1 heterocycles. The Morgan fingerprint density at radius 2 is 1.80 bits per heavy atom. The Balaban J connectivity index is 2.05. The van der Waals surface area contributed by atoms with Crippen LogP contribution in [0.3, 0.4) is 0 Å². The Bertz CT molecular complexity index is 686. The van der Waals surface area contributed by atoms with Gasteiger partial charge in [-0.15, -0.1) is 0 Å². The van der Waals surface area contributed by atoms with E-state index in [4.69, 9.17) is 23.2 Å². The number of hydrogen-bond donors (Lipinski definition) is 0. The summed E-state index contributed by atoms with van der Waals surface area (Å²) in [7, 11) is 0. The van der Waals surface area contributed by atoms with Gasteiger partial charge < -0.3 is 0 Å². The number of nitrogens with zero attached hydrogens (tertiary/aromatic N) is 2. The highest BCUT2D eigenvalue weighted by atomic mass is 35.5. The van der Waals surface area contributed by atoms with Gasteiger partial charge >= 0.3 is 0 Å². The molecule has 0 atom stereocenters. The van der Waals surface area contributed by atoms with Gasteiger partial charge in [0.25, 0.3) is 0 Å². The molecule has 1 aliphatic carbocycles. The second-order valence-electron chi connectivity index (χ2n) is 4.78. The van der Waals surface area contributed by atoms with Crippen molar-refractivity contribution in [3.63, 3.8) is 0 Å². The lowest BCUT2D eigenvalue weighted by Crippen LogP contribution is -2.14. The van der Waals surface area contributed by atoms with E-state index in [0.29, 0.717) is 15.7 Å². The first-order valence-electron chi connectivity index (χ1n) is 6.51. The highest BCUT2D eigenvalue weighted by Gasteiger charge is 2.21. The summed E-state index contributed by atoms with van der Waals surface area (Å²) in [4.78, 5) is 21.0. The fraction of sp³-hybridized carbons (Fsp3) is 0.267. The first-order valence-corrected chi connectivity index (χ1v) is 7.27. The van der Waals surface area contributed by atoms with E-state index < -0.39 is 0 Å². The Labute approximate surface area is 127 Å². The van der Waals surface area contributed by atoms with Crippen LogP contribution in [-0.4, -0.2) is 15.8 Å². The van der Waals surface area contributed by atoms with E-state index in [1.807, 2.05) is 0 Å². The number of halogens is 2. The third-order valence-electron chi connectivity index (χ3n) is 3.45. The summed E-state index contributed by atoms with van der Waals surface area (Å²) >= 11 is 12.2. The molecule has 3 rings (SSSR count). The third-order valence-corrected chi connectivity index (χ3v) is 4.10. The fourth-order valence-corrected chi connectivity index (χ4v) is 2.92. The number of benzene rings is 1. The van der Waals surface area contributed by atoms with Crippen molar-refractivity contribution in [3.8, 4) is 0 Å². The molecule has 0 N–H and O–H groups in total. The van der Waals surface area contributed by atoms with Gasteiger partial charge in [0.1, 0.15) is 5.15 Å². The maximum Gasteiger partial charge on any atom is 0.231 e. The van der Waals surface area contributed by atoms with Crippen molar-refractivity contribution < 1.29 is 4.79 Å². The molecule has 20 heavy (non-hydrogen) atoms. The average molecular weight is 307 g/mol. The van der Waals surface area contributed by atoms with E-state index >= 15 is 0 Å². The molecule has 1 aliphatic rings. The summed E-state index contributed by atoms with van der Waals surface area (Å²) in [6.07, 6.45) is 3.89. The molecular formula is C15H12Cl2N2O. The molecule has 0 aliphatic heterocycles. The van der Waals surface area contributed by atoms with Crippen molar-refractivity contribution in [2.24, 2.45) is 0 Å². The minimum absolute atomic E-state index is 0.128. The predicted octanol–water partition coefficient (Wildman–Crippen LogP) is 3.89. The van der Waals surface area contributed by atoms with E-state index in [1.54, 1.807) is 24.3 Å². The van der Waals surface area contributed by atoms with Gasteiger partial charge in [0.15, 0.2) is 0 Å². The van der Waals surface area contributed by atoms with Crippen molar-refractivity contribution in [3.05, 3.63) is 57.1 Å². The van der Waals surface area contributed by atoms with Crippen molar-refractivity contribution in [1.82, 2.24) is 9.97 Å². The molecule has 0 unspecified atom stereocenters. The van der Waals surface area contributed by atoms with Crippen LogP contribution in [0.4, 0.5) is 0 Å². The molecule has 0 saturated carbocycles. The molecule has 102 valence electrons. The molecular weight excluding hydrogens is 295 g/mol. The minimum Gasteiger partial charge on any atom is -0.285 e. The quantitative estimate of drug-likeness (QED) is 0.624. The van der Waals surface area contributed by atoms with E-state index in [-0.39, 0.29) is 11.6 Å². The van der Waals surface area contributed by atoms with Crippen LogP contribution in [0.5, 0.6) is 0 Å². The lowest BCUT2D eigenvalue weighted by molar-refractivity contribution is 0.102. The number of aromatic nitrogens is 2. The highest BCUT2D eigenvalue weighted by Crippen LogP contribution is 2.26. The Hall–Kier alpha value is -1.45. The van der Waals surface area contributed by atoms with Gasteiger partial charge in [-0.25, -0.2) is 9.97 Å². The first kappa shape index (κ1) is 13.5. The van der Waals surface area contributed by atoms with E-state index in [1.165, 1.54) is 0 Å². The lowest BCUT2D eigenvalue weighted by Gasteiger charge is -2.16. The third kappa shape index (κ3) is 2.43. The first-order chi connectivity index (χ1) is 9.66. The zero-order valence-electron chi connectivity index (χ0n) is 10.7. The smallest absolute Gasteiger partial charge is 0.231 e. The van der Waals surface area contributed by atoms with Gasteiger partial charge in [0, 0.05) is 16.8 Å². The number of fused-ring (bicyclic) bond motifs is 1. The number of carbonyl (C=O) groups is 1.